The van der Waals surface area contributed by atoms with Crippen molar-refractivity contribution >= 4 is 0 Å². The first-order valence-electron chi connectivity index (χ1n) is 5.50. The summed E-state index contributed by atoms with van der Waals surface area (Å²) in [6.07, 6.45) is 3.82. The molecule has 0 saturated heterocycles. The van der Waals surface area contributed by atoms with E-state index in [9.17, 15) is 8.78 Å². The van der Waals surface area contributed by atoms with Crippen LogP contribution >= 0.6 is 0 Å². The summed E-state index contributed by atoms with van der Waals surface area (Å²) in [5, 5.41) is 0. The number of nitrogens with two attached hydrogens (primary N) is 1. The standard InChI is InChI=1S/C13H13F2N3/c14-10-3-4-11(12(15)7-10)13(18-16)6-9-2-1-5-17-8-9/h1-5,7-8,13,18H,6,16H2. The van der Waals surface area contributed by atoms with Crippen LogP contribution < -0.4 is 11.3 Å². The number of pyridine rings is 1. The molecule has 1 heterocycles. The van der Waals surface area contributed by atoms with Crippen LogP contribution in [0.25, 0.3) is 0 Å². The molecule has 3 N–H and O–H groups in total. The van der Waals surface area contributed by atoms with Crippen LogP contribution in [0.15, 0.2) is 42.7 Å². The molecule has 0 fully saturated rings. The molecule has 0 spiro atoms. The van der Waals surface area contributed by atoms with E-state index in [2.05, 4.69) is 10.4 Å². The number of benzene rings is 1. The van der Waals surface area contributed by atoms with Gasteiger partial charge in [0.25, 0.3) is 0 Å². The molecule has 1 unspecified atom stereocenters. The molecule has 3 nitrogen and oxygen atoms in total. The Hall–Kier alpha value is -1.85. The van der Waals surface area contributed by atoms with Gasteiger partial charge in [-0.1, -0.05) is 12.1 Å². The third-order valence-corrected chi connectivity index (χ3v) is 2.70. The molecule has 1 aromatic heterocycles. The van der Waals surface area contributed by atoms with Crippen molar-refractivity contribution in [3.05, 3.63) is 65.5 Å². The van der Waals surface area contributed by atoms with E-state index < -0.39 is 17.7 Å². The molecule has 0 aliphatic heterocycles. The quantitative estimate of drug-likeness (QED) is 0.644. The molecular formula is C13H13F2N3. The third-order valence-electron chi connectivity index (χ3n) is 2.70. The Kier molecular flexibility index (Phi) is 3.96. The van der Waals surface area contributed by atoms with Crippen molar-refractivity contribution in [3.8, 4) is 0 Å². The van der Waals surface area contributed by atoms with Gasteiger partial charge in [0.15, 0.2) is 0 Å². The van der Waals surface area contributed by atoms with Crippen LogP contribution in [-0.4, -0.2) is 4.98 Å². The smallest absolute Gasteiger partial charge is 0.130 e. The summed E-state index contributed by atoms with van der Waals surface area (Å²) >= 11 is 0. The zero-order chi connectivity index (χ0) is 13.0. The Morgan fingerprint density at radius 2 is 2.11 bits per heavy atom. The van der Waals surface area contributed by atoms with Crippen LogP contribution in [0.1, 0.15) is 17.2 Å². The van der Waals surface area contributed by atoms with Crippen molar-refractivity contribution in [2.75, 3.05) is 0 Å². The van der Waals surface area contributed by atoms with Gasteiger partial charge in [0.05, 0.1) is 6.04 Å². The average Bonchev–Trinajstić information content (AvgIpc) is 2.38. The fourth-order valence-corrected chi connectivity index (χ4v) is 1.80. The van der Waals surface area contributed by atoms with E-state index in [0.29, 0.717) is 12.0 Å². The number of halogens is 2. The second-order valence-electron chi connectivity index (χ2n) is 3.95. The molecule has 1 atom stereocenters. The average molecular weight is 249 g/mol. The lowest BCUT2D eigenvalue weighted by atomic mass is 10.00. The SMILES string of the molecule is NNC(Cc1cccnc1)c1ccc(F)cc1F. The summed E-state index contributed by atoms with van der Waals surface area (Å²) in [6, 6.07) is 6.71. The number of nitrogens with one attached hydrogen (secondary N) is 1. The predicted molar refractivity (Wildman–Crippen MR) is 64.4 cm³/mol. The first-order chi connectivity index (χ1) is 8.70. The molecule has 0 bridgehead atoms. The van der Waals surface area contributed by atoms with E-state index in [0.717, 1.165) is 11.6 Å². The van der Waals surface area contributed by atoms with Crippen LogP contribution in [0.3, 0.4) is 0 Å². The maximum absolute atomic E-state index is 13.6. The van der Waals surface area contributed by atoms with Crippen LogP contribution in [-0.2, 0) is 6.42 Å². The monoisotopic (exact) mass is 249 g/mol. The summed E-state index contributed by atoms with van der Waals surface area (Å²) in [5.74, 6) is 4.22. The maximum atomic E-state index is 13.6. The topological polar surface area (TPSA) is 50.9 Å². The molecule has 0 radical (unpaired) electrons. The van der Waals surface area contributed by atoms with E-state index in [4.69, 9.17) is 5.84 Å². The van der Waals surface area contributed by atoms with Gasteiger partial charge in [0, 0.05) is 24.0 Å². The lowest BCUT2D eigenvalue weighted by Crippen LogP contribution is -2.30. The summed E-state index contributed by atoms with van der Waals surface area (Å²) in [7, 11) is 0. The maximum Gasteiger partial charge on any atom is 0.130 e. The second kappa shape index (κ2) is 5.66. The fraction of sp³-hybridized carbons (Fsp3) is 0.154. The van der Waals surface area contributed by atoms with Gasteiger partial charge in [-0.15, -0.1) is 0 Å². The van der Waals surface area contributed by atoms with Crippen LogP contribution in [0, 0.1) is 11.6 Å². The highest BCUT2D eigenvalue weighted by Gasteiger charge is 2.15. The van der Waals surface area contributed by atoms with E-state index in [1.54, 1.807) is 18.5 Å². The molecule has 2 aromatic rings. The lowest BCUT2D eigenvalue weighted by Gasteiger charge is -2.17. The van der Waals surface area contributed by atoms with Crippen molar-refractivity contribution in [2.24, 2.45) is 5.84 Å². The molecule has 0 aliphatic carbocycles. The van der Waals surface area contributed by atoms with Crippen LogP contribution in [0.2, 0.25) is 0 Å². The van der Waals surface area contributed by atoms with Gasteiger partial charge in [-0.05, 0) is 24.1 Å². The zero-order valence-electron chi connectivity index (χ0n) is 9.61. The Bertz CT molecular complexity index is 517. The van der Waals surface area contributed by atoms with E-state index in [-0.39, 0.29) is 0 Å². The normalized spacial score (nSPS) is 12.4. The summed E-state index contributed by atoms with van der Waals surface area (Å²) in [6.45, 7) is 0. The highest BCUT2D eigenvalue weighted by molar-refractivity contribution is 5.24. The highest BCUT2D eigenvalue weighted by Crippen LogP contribution is 2.21. The number of nitrogens with zero attached hydrogens (tertiary/aromatic N) is 1. The van der Waals surface area contributed by atoms with E-state index in [1.165, 1.54) is 12.1 Å². The second-order valence-corrected chi connectivity index (χ2v) is 3.95. The number of aromatic nitrogens is 1. The molecule has 0 amide bonds. The first kappa shape index (κ1) is 12.6. The number of hydrazine groups is 1. The largest absolute Gasteiger partial charge is 0.271 e. The Balaban J connectivity index is 2.23. The molecule has 0 saturated carbocycles. The minimum atomic E-state index is -0.609. The number of hydrogen-bond donors (Lipinski definition) is 2. The van der Waals surface area contributed by atoms with Gasteiger partial charge >= 0.3 is 0 Å². The van der Waals surface area contributed by atoms with Gasteiger partial charge in [-0.3, -0.25) is 16.3 Å². The Labute approximate surface area is 104 Å². The molecule has 0 aliphatic rings. The predicted octanol–water partition coefficient (Wildman–Crippen LogP) is 2.11. The van der Waals surface area contributed by atoms with Gasteiger partial charge in [0.1, 0.15) is 11.6 Å². The molecule has 18 heavy (non-hydrogen) atoms. The minimum Gasteiger partial charge on any atom is -0.271 e. The fourth-order valence-electron chi connectivity index (χ4n) is 1.80. The lowest BCUT2D eigenvalue weighted by molar-refractivity contribution is 0.502. The van der Waals surface area contributed by atoms with Crippen molar-refractivity contribution in [1.29, 1.82) is 0 Å². The Morgan fingerprint density at radius 3 is 2.72 bits per heavy atom. The van der Waals surface area contributed by atoms with Crippen molar-refractivity contribution in [3.63, 3.8) is 0 Å². The first-order valence-corrected chi connectivity index (χ1v) is 5.50. The highest BCUT2D eigenvalue weighted by atomic mass is 19.1. The molecule has 5 heteroatoms. The van der Waals surface area contributed by atoms with Gasteiger partial charge in [0.2, 0.25) is 0 Å². The van der Waals surface area contributed by atoms with Crippen molar-refractivity contribution < 1.29 is 8.78 Å². The van der Waals surface area contributed by atoms with Gasteiger partial charge in [-0.2, -0.15) is 0 Å². The molecular weight excluding hydrogens is 236 g/mol. The minimum absolute atomic E-state index is 0.336. The molecule has 2 rings (SSSR count). The summed E-state index contributed by atoms with van der Waals surface area (Å²) < 4.78 is 26.5. The zero-order valence-corrected chi connectivity index (χ0v) is 9.61. The van der Waals surface area contributed by atoms with Crippen LogP contribution in [0.4, 0.5) is 8.78 Å². The molecule has 1 aromatic carbocycles. The van der Waals surface area contributed by atoms with Crippen molar-refractivity contribution in [2.45, 2.75) is 12.5 Å². The van der Waals surface area contributed by atoms with Gasteiger partial charge in [-0.25, -0.2) is 8.78 Å². The number of hydrogen-bond acceptors (Lipinski definition) is 3. The van der Waals surface area contributed by atoms with Gasteiger partial charge < -0.3 is 0 Å². The summed E-state index contributed by atoms with van der Waals surface area (Å²) in [5.41, 5.74) is 3.79. The van der Waals surface area contributed by atoms with Crippen molar-refractivity contribution in [1.82, 2.24) is 10.4 Å². The third kappa shape index (κ3) is 2.88. The summed E-state index contributed by atoms with van der Waals surface area (Å²) in [4.78, 5) is 3.98. The number of rotatable bonds is 4. The van der Waals surface area contributed by atoms with E-state index >= 15 is 0 Å². The Morgan fingerprint density at radius 1 is 1.28 bits per heavy atom. The molecule has 94 valence electrons. The van der Waals surface area contributed by atoms with E-state index in [1.807, 2.05) is 6.07 Å². The van der Waals surface area contributed by atoms with Crippen LogP contribution in [0.5, 0.6) is 0 Å².